The van der Waals surface area contributed by atoms with Gasteiger partial charge in [0.05, 0.1) is 12.1 Å². The van der Waals surface area contributed by atoms with E-state index in [4.69, 9.17) is 11.6 Å². The second-order valence-corrected chi connectivity index (χ2v) is 7.95. The highest BCUT2D eigenvalue weighted by Crippen LogP contribution is 2.31. The number of hydrogen-bond acceptors (Lipinski definition) is 3. The van der Waals surface area contributed by atoms with Crippen LogP contribution in [-0.2, 0) is 4.79 Å². The van der Waals surface area contributed by atoms with Crippen molar-refractivity contribution in [3.63, 3.8) is 0 Å². The molecule has 2 unspecified atom stereocenters. The van der Waals surface area contributed by atoms with Crippen LogP contribution in [0.25, 0.3) is 6.08 Å². The third-order valence-electron chi connectivity index (χ3n) is 4.43. The summed E-state index contributed by atoms with van der Waals surface area (Å²) in [4.78, 5) is 14.4. The van der Waals surface area contributed by atoms with Gasteiger partial charge in [0.15, 0.2) is 0 Å². The van der Waals surface area contributed by atoms with E-state index in [0.29, 0.717) is 5.02 Å². The van der Waals surface area contributed by atoms with Crippen molar-refractivity contribution in [2.24, 2.45) is 0 Å². The van der Waals surface area contributed by atoms with Gasteiger partial charge in [0.1, 0.15) is 0 Å². The molecule has 1 aliphatic carbocycles. The molecular formula is C21H22ClNO2S. The van der Waals surface area contributed by atoms with Gasteiger partial charge in [0.2, 0.25) is 5.91 Å². The second kappa shape index (κ2) is 9.26. The summed E-state index contributed by atoms with van der Waals surface area (Å²) in [7, 11) is 0. The molecule has 0 aliphatic heterocycles. The minimum atomic E-state index is -0.436. The highest BCUT2D eigenvalue weighted by atomic mass is 35.5. The number of rotatable bonds is 5. The Morgan fingerprint density at radius 3 is 2.62 bits per heavy atom. The first-order valence-corrected chi connectivity index (χ1v) is 10.0. The van der Waals surface area contributed by atoms with Gasteiger partial charge in [-0.05, 0) is 54.8 Å². The van der Waals surface area contributed by atoms with Gasteiger partial charge in [0.25, 0.3) is 0 Å². The molecule has 1 fully saturated rings. The lowest BCUT2D eigenvalue weighted by Gasteiger charge is -2.27. The minimum Gasteiger partial charge on any atom is -0.391 e. The van der Waals surface area contributed by atoms with Crippen LogP contribution in [0.15, 0.2) is 64.4 Å². The number of aliphatic hydroxyl groups excluding tert-OH is 1. The maximum atomic E-state index is 12.2. The quantitative estimate of drug-likeness (QED) is 0.715. The summed E-state index contributed by atoms with van der Waals surface area (Å²) < 4.78 is 0. The largest absolute Gasteiger partial charge is 0.391 e. The van der Waals surface area contributed by atoms with Crippen LogP contribution >= 0.6 is 23.4 Å². The van der Waals surface area contributed by atoms with Crippen LogP contribution in [0.2, 0.25) is 5.02 Å². The van der Waals surface area contributed by atoms with E-state index in [1.807, 2.05) is 54.6 Å². The molecule has 0 heterocycles. The lowest BCUT2D eigenvalue weighted by Crippen LogP contribution is -2.44. The molecule has 0 aromatic heterocycles. The Bertz CT molecular complexity index is 776. The number of hydrogen-bond donors (Lipinski definition) is 2. The molecule has 1 amide bonds. The van der Waals surface area contributed by atoms with Gasteiger partial charge in [-0.3, -0.25) is 4.79 Å². The van der Waals surface area contributed by atoms with E-state index >= 15 is 0 Å². The van der Waals surface area contributed by atoms with Crippen molar-refractivity contribution in [1.82, 2.24) is 5.32 Å². The topological polar surface area (TPSA) is 49.3 Å². The third kappa shape index (κ3) is 5.37. The van der Waals surface area contributed by atoms with Crippen LogP contribution in [0.5, 0.6) is 0 Å². The molecule has 2 N–H and O–H groups in total. The maximum absolute atomic E-state index is 12.2. The Balaban J connectivity index is 1.66. The van der Waals surface area contributed by atoms with Crippen molar-refractivity contribution in [3.05, 3.63) is 65.2 Å². The Hall–Kier alpha value is -1.75. The van der Waals surface area contributed by atoms with Crippen molar-refractivity contribution in [1.29, 1.82) is 0 Å². The molecule has 0 radical (unpaired) electrons. The number of amides is 1. The SMILES string of the molecule is O=C(/C=C/c1ccccc1Sc1ccc(Cl)cc1)NC1CCCCC1O. The summed E-state index contributed by atoms with van der Waals surface area (Å²) in [6, 6.07) is 15.5. The van der Waals surface area contributed by atoms with Crippen molar-refractivity contribution in [3.8, 4) is 0 Å². The fourth-order valence-electron chi connectivity index (χ4n) is 3.02. The molecule has 1 aliphatic rings. The number of nitrogens with one attached hydrogen (secondary N) is 1. The zero-order chi connectivity index (χ0) is 18.4. The molecule has 0 bridgehead atoms. The fraction of sp³-hybridized carbons (Fsp3) is 0.286. The van der Waals surface area contributed by atoms with E-state index in [2.05, 4.69) is 5.32 Å². The lowest BCUT2D eigenvalue weighted by atomic mass is 9.92. The third-order valence-corrected chi connectivity index (χ3v) is 5.78. The minimum absolute atomic E-state index is 0.139. The van der Waals surface area contributed by atoms with Crippen LogP contribution in [0.1, 0.15) is 31.2 Å². The van der Waals surface area contributed by atoms with Crippen molar-refractivity contribution in [2.75, 3.05) is 0 Å². The van der Waals surface area contributed by atoms with Crippen molar-refractivity contribution in [2.45, 2.75) is 47.6 Å². The molecule has 2 atom stereocenters. The number of halogens is 1. The van der Waals surface area contributed by atoms with Gasteiger partial charge in [-0.2, -0.15) is 0 Å². The Morgan fingerprint density at radius 2 is 1.85 bits per heavy atom. The average Bonchev–Trinajstić information content (AvgIpc) is 2.65. The summed E-state index contributed by atoms with van der Waals surface area (Å²) in [5, 5.41) is 13.6. The lowest BCUT2D eigenvalue weighted by molar-refractivity contribution is -0.118. The molecule has 1 saturated carbocycles. The van der Waals surface area contributed by atoms with Crippen LogP contribution in [0, 0.1) is 0 Å². The van der Waals surface area contributed by atoms with E-state index in [1.165, 1.54) is 0 Å². The monoisotopic (exact) mass is 387 g/mol. The summed E-state index contributed by atoms with van der Waals surface area (Å²) in [5.41, 5.74) is 0.979. The molecule has 3 nitrogen and oxygen atoms in total. The zero-order valence-electron chi connectivity index (χ0n) is 14.4. The number of benzene rings is 2. The number of carbonyl (C=O) groups is 1. The van der Waals surface area contributed by atoms with Gasteiger partial charge in [0, 0.05) is 20.9 Å². The first kappa shape index (κ1) is 19.0. The predicted octanol–water partition coefficient (Wildman–Crippen LogP) is 4.92. The van der Waals surface area contributed by atoms with Gasteiger partial charge in [-0.15, -0.1) is 0 Å². The molecule has 2 aromatic rings. The van der Waals surface area contributed by atoms with Crippen LogP contribution in [0.4, 0.5) is 0 Å². The highest BCUT2D eigenvalue weighted by molar-refractivity contribution is 7.99. The van der Waals surface area contributed by atoms with Gasteiger partial charge >= 0.3 is 0 Å². The van der Waals surface area contributed by atoms with Gasteiger partial charge < -0.3 is 10.4 Å². The van der Waals surface area contributed by atoms with E-state index in [0.717, 1.165) is 41.0 Å². The zero-order valence-corrected chi connectivity index (χ0v) is 16.0. The van der Waals surface area contributed by atoms with E-state index < -0.39 is 6.10 Å². The van der Waals surface area contributed by atoms with Crippen LogP contribution < -0.4 is 5.32 Å². The fourth-order valence-corrected chi connectivity index (χ4v) is 4.07. The molecular weight excluding hydrogens is 366 g/mol. The highest BCUT2D eigenvalue weighted by Gasteiger charge is 2.23. The summed E-state index contributed by atoms with van der Waals surface area (Å²) in [5.74, 6) is -0.165. The Kier molecular flexibility index (Phi) is 6.78. The molecule has 0 spiro atoms. The second-order valence-electron chi connectivity index (χ2n) is 6.39. The van der Waals surface area contributed by atoms with Gasteiger partial charge in [-0.25, -0.2) is 0 Å². The van der Waals surface area contributed by atoms with Crippen LogP contribution in [0.3, 0.4) is 0 Å². The average molecular weight is 388 g/mol. The Morgan fingerprint density at radius 1 is 1.12 bits per heavy atom. The van der Waals surface area contributed by atoms with Crippen LogP contribution in [-0.4, -0.2) is 23.2 Å². The van der Waals surface area contributed by atoms with Crippen molar-refractivity contribution < 1.29 is 9.90 Å². The molecule has 136 valence electrons. The summed E-state index contributed by atoms with van der Waals surface area (Å²) in [6.45, 7) is 0. The normalized spacial score (nSPS) is 20.2. The Labute approximate surface area is 163 Å². The standard InChI is InChI=1S/C21H22ClNO2S/c22-16-10-12-17(13-11-16)26-20-8-4-1-5-15(20)9-14-21(25)23-18-6-2-3-7-19(18)24/h1,4-5,8-14,18-19,24H,2-3,6-7H2,(H,23,25)/b14-9+. The number of carbonyl (C=O) groups excluding carboxylic acids is 1. The summed E-state index contributed by atoms with van der Waals surface area (Å²) in [6.07, 6.45) is 6.60. The summed E-state index contributed by atoms with van der Waals surface area (Å²) >= 11 is 7.57. The first-order valence-electron chi connectivity index (χ1n) is 8.81. The molecule has 3 rings (SSSR count). The maximum Gasteiger partial charge on any atom is 0.244 e. The van der Waals surface area contributed by atoms with E-state index in [-0.39, 0.29) is 11.9 Å². The van der Waals surface area contributed by atoms with Crippen molar-refractivity contribution >= 4 is 35.3 Å². The predicted molar refractivity (Wildman–Crippen MR) is 107 cm³/mol. The first-order chi connectivity index (χ1) is 12.6. The molecule has 2 aromatic carbocycles. The van der Waals surface area contributed by atoms with E-state index in [9.17, 15) is 9.90 Å². The number of aliphatic hydroxyl groups is 1. The smallest absolute Gasteiger partial charge is 0.244 e. The molecule has 26 heavy (non-hydrogen) atoms. The van der Waals surface area contributed by atoms with Gasteiger partial charge in [-0.1, -0.05) is 54.4 Å². The molecule has 5 heteroatoms. The molecule has 0 saturated heterocycles. The van der Waals surface area contributed by atoms with E-state index in [1.54, 1.807) is 17.8 Å².